The van der Waals surface area contributed by atoms with Crippen molar-refractivity contribution in [1.29, 1.82) is 0 Å². The van der Waals surface area contributed by atoms with Gasteiger partial charge in [0.2, 0.25) is 0 Å². The normalized spacial score (nSPS) is 12.1. The lowest BCUT2D eigenvalue weighted by atomic mass is 10.3. The van der Waals surface area contributed by atoms with Gasteiger partial charge >= 0.3 is 37.1 Å². The van der Waals surface area contributed by atoms with Gasteiger partial charge in [-0.2, -0.15) is 0 Å². The molecule has 1 aromatic rings. The first kappa shape index (κ1) is 31.8. The van der Waals surface area contributed by atoms with Gasteiger partial charge in [-0.25, -0.2) is 0 Å². The minimum atomic E-state index is -2.21. The Kier molecular flexibility index (Phi) is 17.7. The molecule has 1 aromatic carbocycles. The summed E-state index contributed by atoms with van der Waals surface area (Å²) in [5.41, 5.74) is 0. The number of rotatable bonds is 20. The van der Waals surface area contributed by atoms with Crippen molar-refractivity contribution in [3.05, 3.63) is 12.1 Å². The first-order chi connectivity index (χ1) is 16.6. The highest BCUT2D eigenvalue weighted by atomic mass is 28.3. The van der Waals surface area contributed by atoms with E-state index in [1.807, 2.05) is 55.4 Å². The first-order valence-corrected chi connectivity index (χ1v) is 18.7. The quantitative estimate of drug-likeness (QED) is 0.205. The van der Waals surface area contributed by atoms with E-state index in [0.29, 0.717) is 52.9 Å². The second-order valence-corrected chi connectivity index (χ2v) is 14.9. The zero-order chi connectivity index (χ0) is 25.3. The van der Waals surface area contributed by atoms with Gasteiger partial charge in [0, 0.05) is 52.9 Å². The molecule has 8 nitrogen and oxygen atoms in total. The van der Waals surface area contributed by atoms with Gasteiger partial charge in [-0.3, -0.25) is 0 Å². The van der Waals surface area contributed by atoms with Gasteiger partial charge in [0.05, 0.1) is 0 Å². The predicted molar refractivity (Wildman–Crippen MR) is 147 cm³/mol. The predicted octanol–water partition coefficient (Wildman–Crippen LogP) is -0.311. The second-order valence-electron chi connectivity index (χ2n) is 7.08. The fourth-order valence-electron chi connectivity index (χ4n) is 3.61. The average Bonchev–Trinajstić information content (AvgIpc) is 2.83. The molecule has 0 amide bonds. The largest absolute Gasteiger partial charge is 0.394 e. The van der Waals surface area contributed by atoms with Crippen molar-refractivity contribution in [3.8, 4) is 0 Å². The minimum absolute atomic E-state index is 0.579. The summed E-state index contributed by atoms with van der Waals surface area (Å²) < 4.78 is 49.4. The minimum Gasteiger partial charge on any atom is -0.394 e. The van der Waals surface area contributed by atoms with E-state index in [2.05, 4.69) is 12.1 Å². The van der Waals surface area contributed by atoms with Gasteiger partial charge in [-0.15, -0.1) is 0 Å². The summed E-state index contributed by atoms with van der Waals surface area (Å²) in [6.45, 7) is 20.6. The Labute approximate surface area is 213 Å². The van der Waals surface area contributed by atoms with Crippen molar-refractivity contribution >= 4 is 57.9 Å². The third kappa shape index (κ3) is 9.67. The van der Waals surface area contributed by atoms with Crippen LogP contribution in [0.3, 0.4) is 0 Å². The number of benzene rings is 1. The zero-order valence-electron chi connectivity index (χ0n) is 22.4. The van der Waals surface area contributed by atoms with Crippen LogP contribution >= 0.6 is 0 Å². The molecule has 198 valence electrons. The van der Waals surface area contributed by atoms with Gasteiger partial charge in [-0.05, 0) is 76.1 Å². The lowest BCUT2D eigenvalue weighted by molar-refractivity contribution is 0.220. The first-order valence-electron chi connectivity index (χ1n) is 12.7. The lowest BCUT2D eigenvalue weighted by Crippen LogP contribution is -2.62. The molecule has 0 spiro atoms. The molecule has 0 saturated carbocycles. The Morgan fingerprint density at radius 1 is 0.353 bits per heavy atom. The molecule has 0 radical (unpaired) electrons. The van der Waals surface area contributed by atoms with Crippen molar-refractivity contribution in [2.45, 2.75) is 55.4 Å². The van der Waals surface area contributed by atoms with Crippen LogP contribution in [0.1, 0.15) is 55.4 Å². The Balaban J connectivity index is 3.90. The summed E-state index contributed by atoms with van der Waals surface area (Å²) in [5.74, 6) is 0. The van der Waals surface area contributed by atoms with Gasteiger partial charge in [0.15, 0.2) is 0 Å². The average molecular weight is 551 g/mol. The maximum absolute atomic E-state index is 6.18. The summed E-state index contributed by atoms with van der Waals surface area (Å²) >= 11 is 0. The molecule has 1 rings (SSSR count). The highest BCUT2D eigenvalue weighted by molar-refractivity contribution is 6.79. The standard InChI is InChI=1S/C22H46O8Si4/c1-9-23-31(24-10-2)19-17-21(33(27-13-5)28-14-6)22(34(29-15-7)30-16-8)18-20(19)32(25-11-3)26-12-4/h17-18,31-34H,9-16H2,1-8H3. The van der Waals surface area contributed by atoms with E-state index < -0.39 is 37.1 Å². The second kappa shape index (κ2) is 19.0. The maximum atomic E-state index is 6.18. The van der Waals surface area contributed by atoms with Crippen molar-refractivity contribution < 1.29 is 35.4 Å². The van der Waals surface area contributed by atoms with Crippen molar-refractivity contribution in [3.63, 3.8) is 0 Å². The van der Waals surface area contributed by atoms with E-state index in [9.17, 15) is 0 Å². The molecule has 0 aliphatic rings. The number of hydrogen-bond acceptors (Lipinski definition) is 8. The molecule has 0 saturated heterocycles. The molecule has 0 aliphatic carbocycles. The van der Waals surface area contributed by atoms with E-state index in [0.717, 1.165) is 20.7 Å². The Hall–Kier alpha value is -0.232. The van der Waals surface area contributed by atoms with Crippen LogP contribution in [0.25, 0.3) is 0 Å². The van der Waals surface area contributed by atoms with Crippen LogP contribution in [0.15, 0.2) is 12.1 Å². The van der Waals surface area contributed by atoms with Crippen LogP contribution < -0.4 is 20.7 Å². The summed E-state index contributed by atoms with van der Waals surface area (Å²) in [4.78, 5) is 0. The van der Waals surface area contributed by atoms with Crippen molar-refractivity contribution in [2.24, 2.45) is 0 Å². The Bertz CT molecular complexity index is 540. The molecule has 0 aromatic heterocycles. The summed E-state index contributed by atoms with van der Waals surface area (Å²) in [7, 11) is -8.85. The lowest BCUT2D eigenvalue weighted by Gasteiger charge is -2.28. The molecule has 0 N–H and O–H groups in total. The molecule has 0 unspecified atom stereocenters. The highest BCUT2D eigenvalue weighted by Crippen LogP contribution is 2.02. The van der Waals surface area contributed by atoms with Crippen LogP contribution in [0.5, 0.6) is 0 Å². The molecule has 0 atom stereocenters. The SMILES string of the molecule is CCO[SiH](OCC)c1cc([SiH](OCC)OCC)c([SiH](OCC)OCC)cc1[SiH](OCC)OCC. The molecule has 12 heteroatoms. The van der Waals surface area contributed by atoms with E-state index in [1.54, 1.807) is 0 Å². The fraction of sp³-hybridized carbons (Fsp3) is 0.727. The van der Waals surface area contributed by atoms with E-state index >= 15 is 0 Å². The van der Waals surface area contributed by atoms with Crippen molar-refractivity contribution in [2.75, 3.05) is 52.9 Å². The molecule has 0 heterocycles. The van der Waals surface area contributed by atoms with Gasteiger partial charge < -0.3 is 35.4 Å². The maximum Gasteiger partial charge on any atom is 0.355 e. The molecular weight excluding hydrogens is 505 g/mol. The number of hydrogen-bond donors (Lipinski definition) is 0. The third-order valence-electron chi connectivity index (χ3n) is 4.85. The molecule has 0 aliphatic heterocycles. The van der Waals surface area contributed by atoms with Crippen LogP contribution in [-0.2, 0) is 35.4 Å². The smallest absolute Gasteiger partial charge is 0.355 e. The van der Waals surface area contributed by atoms with E-state index in [1.165, 1.54) is 0 Å². The van der Waals surface area contributed by atoms with E-state index in [-0.39, 0.29) is 0 Å². The van der Waals surface area contributed by atoms with Gasteiger partial charge in [-0.1, -0.05) is 12.1 Å². The van der Waals surface area contributed by atoms with Crippen LogP contribution in [-0.4, -0.2) is 90.0 Å². The fourth-order valence-corrected chi connectivity index (χ4v) is 12.6. The Morgan fingerprint density at radius 2 is 0.500 bits per heavy atom. The molecule has 0 fully saturated rings. The summed E-state index contributed by atoms with van der Waals surface area (Å²) in [6, 6.07) is 4.37. The molecule has 34 heavy (non-hydrogen) atoms. The van der Waals surface area contributed by atoms with Gasteiger partial charge in [0.1, 0.15) is 0 Å². The van der Waals surface area contributed by atoms with E-state index in [4.69, 9.17) is 35.4 Å². The van der Waals surface area contributed by atoms with Crippen molar-refractivity contribution in [1.82, 2.24) is 0 Å². The monoisotopic (exact) mass is 550 g/mol. The third-order valence-corrected chi connectivity index (χ3v) is 14.6. The van der Waals surface area contributed by atoms with Crippen LogP contribution in [0.2, 0.25) is 0 Å². The molecular formula is C22H46O8Si4. The van der Waals surface area contributed by atoms with Crippen LogP contribution in [0.4, 0.5) is 0 Å². The summed E-state index contributed by atoms with van der Waals surface area (Å²) in [6.07, 6.45) is 0. The summed E-state index contributed by atoms with van der Waals surface area (Å²) in [5, 5.41) is 4.22. The highest BCUT2D eigenvalue weighted by Gasteiger charge is 2.34. The Morgan fingerprint density at radius 3 is 0.618 bits per heavy atom. The molecule has 0 bridgehead atoms. The zero-order valence-corrected chi connectivity index (χ0v) is 27.0. The van der Waals surface area contributed by atoms with Gasteiger partial charge in [0.25, 0.3) is 0 Å². The van der Waals surface area contributed by atoms with Crippen LogP contribution in [0, 0.1) is 0 Å². The topological polar surface area (TPSA) is 73.8 Å².